The van der Waals surface area contributed by atoms with Gasteiger partial charge < -0.3 is 14.8 Å². The molecule has 1 aromatic rings. The largest absolute Gasteiger partial charge is 0.456 e. The molecule has 0 amide bonds. The number of aliphatic hydroxyl groups is 1. The number of rotatable bonds is 3. The minimum Gasteiger partial charge on any atom is -0.456 e. The molecule has 0 atom stereocenters. The molecule has 0 saturated carbocycles. The lowest BCUT2D eigenvalue weighted by atomic mass is 10.1. The second-order valence-electron chi connectivity index (χ2n) is 4.35. The molecule has 0 radical (unpaired) electrons. The van der Waals surface area contributed by atoms with E-state index in [1.165, 1.54) is 0 Å². The van der Waals surface area contributed by atoms with E-state index in [9.17, 15) is 4.79 Å². The van der Waals surface area contributed by atoms with E-state index in [0.29, 0.717) is 17.7 Å². The highest BCUT2D eigenvalue weighted by Gasteiger charge is 2.20. The fraction of sp³-hybridized carbons (Fsp3) is 0.545. The smallest absolute Gasteiger partial charge is 0.340 e. The molecule has 0 aliphatic rings. The van der Waals surface area contributed by atoms with Crippen LogP contribution in [-0.4, -0.2) is 28.3 Å². The van der Waals surface area contributed by atoms with Gasteiger partial charge >= 0.3 is 5.97 Å². The number of aromatic amines is 1. The predicted octanol–water partition coefficient (Wildman–Crippen LogP) is 1.50. The topological polar surface area (TPSA) is 62.3 Å². The van der Waals surface area contributed by atoms with E-state index in [-0.39, 0.29) is 12.6 Å². The molecular weight excluding hydrogens is 194 g/mol. The molecule has 1 rings (SSSR count). The molecule has 15 heavy (non-hydrogen) atoms. The fourth-order valence-corrected chi connectivity index (χ4v) is 1.25. The Bertz CT molecular complexity index is 336. The highest BCUT2D eigenvalue weighted by Crippen LogP contribution is 2.14. The Balaban J connectivity index is 2.77. The van der Waals surface area contributed by atoms with E-state index in [0.717, 1.165) is 0 Å². The molecular formula is C11H17NO3. The van der Waals surface area contributed by atoms with E-state index >= 15 is 0 Å². The summed E-state index contributed by atoms with van der Waals surface area (Å²) in [5, 5.41) is 8.80. The molecule has 0 aromatic carbocycles. The van der Waals surface area contributed by atoms with Gasteiger partial charge in [0.15, 0.2) is 0 Å². The number of carbonyl (C=O) groups is 1. The number of H-pyrrole nitrogens is 1. The van der Waals surface area contributed by atoms with E-state index < -0.39 is 5.60 Å². The molecule has 0 fully saturated rings. The maximum absolute atomic E-state index is 11.7. The minimum atomic E-state index is -0.495. The van der Waals surface area contributed by atoms with Crippen molar-refractivity contribution in [2.75, 3.05) is 6.61 Å². The Morgan fingerprint density at radius 3 is 2.73 bits per heavy atom. The number of hydrogen-bond acceptors (Lipinski definition) is 3. The Kier molecular flexibility index (Phi) is 3.52. The summed E-state index contributed by atoms with van der Waals surface area (Å²) in [6.07, 6.45) is 2.10. The maximum atomic E-state index is 11.7. The third-order valence-electron chi connectivity index (χ3n) is 1.81. The SMILES string of the molecule is CC(C)(C)OC(=O)c1cc[nH]c1CCO. The van der Waals surface area contributed by atoms with Crippen LogP contribution in [0.4, 0.5) is 0 Å². The summed E-state index contributed by atoms with van der Waals surface area (Å²) in [5.74, 6) is -0.354. The standard InChI is InChI=1S/C11H17NO3/c1-11(2,3)15-10(14)8-4-6-12-9(8)5-7-13/h4,6,12-13H,5,7H2,1-3H3. The second-order valence-corrected chi connectivity index (χ2v) is 4.35. The quantitative estimate of drug-likeness (QED) is 0.745. The van der Waals surface area contributed by atoms with Crippen molar-refractivity contribution < 1.29 is 14.6 Å². The van der Waals surface area contributed by atoms with Crippen molar-refractivity contribution in [3.8, 4) is 0 Å². The number of carbonyl (C=O) groups excluding carboxylic acids is 1. The summed E-state index contributed by atoms with van der Waals surface area (Å²) in [5.41, 5.74) is 0.718. The van der Waals surface area contributed by atoms with E-state index in [1.54, 1.807) is 12.3 Å². The second kappa shape index (κ2) is 4.49. The third kappa shape index (κ3) is 3.40. The lowest BCUT2D eigenvalue weighted by Crippen LogP contribution is -2.24. The molecule has 0 saturated heterocycles. The first kappa shape index (κ1) is 11.8. The van der Waals surface area contributed by atoms with Crippen molar-refractivity contribution in [1.29, 1.82) is 0 Å². The van der Waals surface area contributed by atoms with Crippen LogP contribution in [0.25, 0.3) is 0 Å². The molecule has 0 aliphatic heterocycles. The molecule has 0 unspecified atom stereocenters. The number of aromatic nitrogens is 1. The number of esters is 1. The average molecular weight is 211 g/mol. The van der Waals surface area contributed by atoms with Crippen LogP contribution in [-0.2, 0) is 11.2 Å². The van der Waals surface area contributed by atoms with Gasteiger partial charge in [-0.2, -0.15) is 0 Å². The van der Waals surface area contributed by atoms with Crippen LogP contribution in [0.5, 0.6) is 0 Å². The van der Waals surface area contributed by atoms with Crippen LogP contribution in [0.15, 0.2) is 12.3 Å². The highest BCUT2D eigenvalue weighted by atomic mass is 16.6. The summed E-state index contributed by atoms with van der Waals surface area (Å²) in [6.45, 7) is 5.48. The summed E-state index contributed by atoms with van der Waals surface area (Å²) < 4.78 is 5.23. The lowest BCUT2D eigenvalue weighted by Gasteiger charge is -2.19. The van der Waals surface area contributed by atoms with Gasteiger partial charge in [0.05, 0.1) is 5.56 Å². The zero-order valence-corrected chi connectivity index (χ0v) is 9.33. The normalized spacial score (nSPS) is 11.5. The average Bonchev–Trinajstić information content (AvgIpc) is 2.49. The van der Waals surface area contributed by atoms with Gasteiger partial charge in [-0.1, -0.05) is 0 Å². The third-order valence-corrected chi connectivity index (χ3v) is 1.81. The van der Waals surface area contributed by atoms with Crippen molar-refractivity contribution >= 4 is 5.97 Å². The fourth-order valence-electron chi connectivity index (χ4n) is 1.25. The molecule has 2 N–H and O–H groups in total. The summed E-state index contributed by atoms with van der Waals surface area (Å²) in [6, 6.07) is 1.67. The molecule has 1 heterocycles. The number of nitrogens with one attached hydrogen (secondary N) is 1. The summed E-state index contributed by atoms with van der Waals surface area (Å²) in [7, 11) is 0. The van der Waals surface area contributed by atoms with Crippen molar-refractivity contribution in [2.24, 2.45) is 0 Å². The molecule has 0 bridgehead atoms. The molecule has 1 aromatic heterocycles. The van der Waals surface area contributed by atoms with E-state index in [4.69, 9.17) is 9.84 Å². The summed E-state index contributed by atoms with van der Waals surface area (Å²) in [4.78, 5) is 14.6. The Morgan fingerprint density at radius 2 is 2.20 bits per heavy atom. The number of aliphatic hydroxyl groups excluding tert-OH is 1. The first-order valence-electron chi connectivity index (χ1n) is 4.94. The van der Waals surface area contributed by atoms with Crippen LogP contribution in [0.3, 0.4) is 0 Å². The minimum absolute atomic E-state index is 0.0102. The van der Waals surface area contributed by atoms with Gasteiger partial charge in [-0.15, -0.1) is 0 Å². The van der Waals surface area contributed by atoms with Crippen LogP contribution >= 0.6 is 0 Å². The Labute approximate surface area is 89.3 Å². The molecule has 0 aliphatic carbocycles. The number of ether oxygens (including phenoxy) is 1. The van der Waals surface area contributed by atoms with Gasteiger partial charge in [-0.25, -0.2) is 4.79 Å². The first-order chi connectivity index (χ1) is 6.94. The number of hydrogen-bond donors (Lipinski definition) is 2. The Hall–Kier alpha value is -1.29. The lowest BCUT2D eigenvalue weighted by molar-refractivity contribution is 0.00685. The van der Waals surface area contributed by atoms with Crippen molar-refractivity contribution in [1.82, 2.24) is 4.98 Å². The van der Waals surface area contributed by atoms with Crippen molar-refractivity contribution in [2.45, 2.75) is 32.8 Å². The van der Waals surface area contributed by atoms with E-state index in [2.05, 4.69) is 4.98 Å². The van der Waals surface area contributed by atoms with Gasteiger partial charge in [-0.05, 0) is 26.8 Å². The van der Waals surface area contributed by atoms with Gasteiger partial charge in [-0.3, -0.25) is 0 Å². The highest BCUT2D eigenvalue weighted by molar-refractivity contribution is 5.91. The molecule has 0 spiro atoms. The zero-order valence-electron chi connectivity index (χ0n) is 9.33. The van der Waals surface area contributed by atoms with Gasteiger partial charge in [0.2, 0.25) is 0 Å². The molecule has 4 heteroatoms. The van der Waals surface area contributed by atoms with Crippen molar-refractivity contribution in [3.63, 3.8) is 0 Å². The molecule has 84 valence electrons. The zero-order chi connectivity index (χ0) is 11.5. The van der Waals surface area contributed by atoms with Crippen LogP contribution in [0.1, 0.15) is 36.8 Å². The van der Waals surface area contributed by atoms with Crippen molar-refractivity contribution in [3.05, 3.63) is 23.5 Å². The van der Waals surface area contributed by atoms with Gasteiger partial charge in [0.1, 0.15) is 5.60 Å². The van der Waals surface area contributed by atoms with Crippen LogP contribution in [0.2, 0.25) is 0 Å². The Morgan fingerprint density at radius 1 is 1.53 bits per heavy atom. The first-order valence-corrected chi connectivity index (χ1v) is 4.94. The van der Waals surface area contributed by atoms with E-state index in [1.807, 2.05) is 20.8 Å². The monoisotopic (exact) mass is 211 g/mol. The molecule has 4 nitrogen and oxygen atoms in total. The van der Waals surface area contributed by atoms with Gasteiger partial charge in [0.25, 0.3) is 0 Å². The summed E-state index contributed by atoms with van der Waals surface area (Å²) >= 11 is 0. The predicted molar refractivity (Wildman–Crippen MR) is 56.8 cm³/mol. The van der Waals surface area contributed by atoms with Crippen LogP contribution in [0, 0.1) is 0 Å². The van der Waals surface area contributed by atoms with Crippen LogP contribution < -0.4 is 0 Å². The maximum Gasteiger partial charge on any atom is 0.340 e. The van der Waals surface area contributed by atoms with Gasteiger partial charge in [0, 0.05) is 24.9 Å².